The Morgan fingerprint density at radius 2 is 0.534 bits per heavy atom. The largest absolute Gasteiger partial charge is 0.310 e. The van der Waals surface area contributed by atoms with Gasteiger partial charge in [0.25, 0.3) is 0 Å². The molecule has 4 heteroatoms. The quantitative estimate of drug-likeness (QED) is 0.143. The minimum Gasteiger partial charge on any atom is -0.310 e. The summed E-state index contributed by atoms with van der Waals surface area (Å²) in [5, 5.41) is 9.90. The van der Waals surface area contributed by atoms with E-state index in [1.165, 1.54) is 93.0 Å². The topological polar surface area (TPSA) is 16.3 Å². The maximum atomic E-state index is 2.45. The molecule has 0 saturated heterocycles. The molecule has 14 rings (SSSR count). The molecule has 0 amide bonds. The van der Waals surface area contributed by atoms with Crippen LogP contribution in [-0.4, -0.2) is 9.13 Å². The van der Waals surface area contributed by atoms with E-state index in [0.717, 1.165) is 51.1 Å². The van der Waals surface area contributed by atoms with Gasteiger partial charge in [0.2, 0.25) is 0 Å². The van der Waals surface area contributed by atoms with E-state index in [2.05, 4.69) is 357 Å². The van der Waals surface area contributed by atoms with Crippen molar-refractivity contribution in [1.82, 2.24) is 9.13 Å². The number of fused-ring (bicyclic) bond motifs is 8. The van der Waals surface area contributed by atoms with Gasteiger partial charge < -0.3 is 18.9 Å². The Balaban J connectivity index is 0.863. The standard InChI is InChI=1S/C84H78N4/c1-81(2,3)59-34-46-77-71(50-59)72-51-60(82(4,5)6)35-47-78(72)87(77)65-40-32-56(33-41-65)55-30-38-63(39-31-55)85(75-28-17-22-57-20-13-15-26-69(57)75)67-24-19-25-68(54-67)86(76-29-18-23-58-21-14-16-27-70(58)76)64-42-44-66(45-43-64)88-79-48-36-61(83(7,8)9)52-73(79)74-53-62(84(10,11)12)37-49-80(74)88/h13-54H,1-12H3. The predicted octanol–water partition coefficient (Wildman–Crippen LogP) is 24.0. The van der Waals surface area contributed by atoms with Crippen LogP contribution in [0.3, 0.4) is 0 Å². The van der Waals surface area contributed by atoms with E-state index in [4.69, 9.17) is 0 Å². The molecule has 0 unspecified atom stereocenters. The highest BCUT2D eigenvalue weighted by molar-refractivity contribution is 6.11. The lowest BCUT2D eigenvalue weighted by atomic mass is 9.85. The number of hydrogen-bond acceptors (Lipinski definition) is 2. The van der Waals surface area contributed by atoms with Gasteiger partial charge in [0.15, 0.2) is 0 Å². The Hall–Kier alpha value is -9.64. The van der Waals surface area contributed by atoms with Gasteiger partial charge in [-0.1, -0.05) is 210 Å². The molecule has 0 aliphatic rings. The Bertz CT molecular complexity index is 4830. The van der Waals surface area contributed by atoms with E-state index in [0.29, 0.717) is 0 Å². The molecule has 0 aliphatic carbocycles. The van der Waals surface area contributed by atoms with E-state index < -0.39 is 0 Å². The molecular formula is C84H78N4. The van der Waals surface area contributed by atoms with Gasteiger partial charge in [-0.2, -0.15) is 0 Å². The van der Waals surface area contributed by atoms with Crippen molar-refractivity contribution in [3.8, 4) is 22.5 Å². The van der Waals surface area contributed by atoms with Crippen molar-refractivity contribution >= 4 is 99.3 Å². The van der Waals surface area contributed by atoms with E-state index in [1.807, 2.05) is 0 Å². The van der Waals surface area contributed by atoms with Gasteiger partial charge >= 0.3 is 0 Å². The first-order valence-electron chi connectivity index (χ1n) is 31.3. The van der Waals surface area contributed by atoms with Crippen LogP contribution in [0.15, 0.2) is 255 Å². The molecule has 14 aromatic rings. The molecule has 12 aromatic carbocycles. The zero-order valence-electron chi connectivity index (χ0n) is 53.0. The van der Waals surface area contributed by atoms with Crippen molar-refractivity contribution in [2.24, 2.45) is 0 Å². The molecule has 0 aliphatic heterocycles. The first kappa shape index (κ1) is 56.2. The summed E-state index contributed by atoms with van der Waals surface area (Å²) in [5.74, 6) is 0. The minimum absolute atomic E-state index is 0.0193. The SMILES string of the molecule is CC(C)(C)c1ccc2c(c1)c1cc(C(C)(C)C)ccc1n2-c1ccc(-c2ccc(N(c3cccc(N(c4ccc(-n5c6ccc(C(C)(C)C)cc6c6cc(C(C)(C)C)ccc65)cc4)c4cccc5ccccc45)c3)c3cccc4ccccc34)cc2)cc1. The minimum atomic E-state index is 0.0193. The average Bonchev–Trinajstić information content (AvgIpc) is 1.64. The van der Waals surface area contributed by atoms with Crippen LogP contribution < -0.4 is 9.80 Å². The highest BCUT2D eigenvalue weighted by Gasteiger charge is 2.25. The fourth-order valence-electron chi connectivity index (χ4n) is 13.3. The van der Waals surface area contributed by atoms with E-state index in [-0.39, 0.29) is 21.7 Å². The third kappa shape index (κ3) is 9.99. The highest BCUT2D eigenvalue weighted by Crippen LogP contribution is 2.46. The summed E-state index contributed by atoms with van der Waals surface area (Å²) in [4.78, 5) is 4.87. The van der Waals surface area contributed by atoms with Crippen molar-refractivity contribution in [3.63, 3.8) is 0 Å². The summed E-state index contributed by atoms with van der Waals surface area (Å²) >= 11 is 0. The van der Waals surface area contributed by atoms with Crippen molar-refractivity contribution in [2.45, 2.75) is 105 Å². The molecule has 434 valence electrons. The lowest BCUT2D eigenvalue weighted by molar-refractivity contribution is 0.590. The number of benzene rings is 12. The van der Waals surface area contributed by atoms with Crippen LogP contribution >= 0.6 is 0 Å². The summed E-state index contributed by atoms with van der Waals surface area (Å²) in [6.45, 7) is 27.6. The second-order valence-electron chi connectivity index (χ2n) is 28.4. The first-order chi connectivity index (χ1) is 42.2. The predicted molar refractivity (Wildman–Crippen MR) is 380 cm³/mol. The van der Waals surface area contributed by atoms with Gasteiger partial charge in [0.05, 0.1) is 33.4 Å². The molecule has 2 heterocycles. The Kier molecular flexibility index (Phi) is 13.4. The molecule has 0 atom stereocenters. The van der Waals surface area contributed by atoms with Crippen LogP contribution in [-0.2, 0) is 21.7 Å². The van der Waals surface area contributed by atoms with Crippen molar-refractivity contribution < 1.29 is 0 Å². The number of rotatable bonds is 9. The second kappa shape index (κ2) is 21.1. The zero-order chi connectivity index (χ0) is 61.0. The van der Waals surface area contributed by atoms with Crippen LogP contribution in [0.25, 0.3) is 87.7 Å². The van der Waals surface area contributed by atoms with E-state index in [9.17, 15) is 0 Å². The van der Waals surface area contributed by atoms with Crippen LogP contribution in [0.2, 0.25) is 0 Å². The monoisotopic (exact) mass is 1140 g/mol. The lowest BCUT2D eigenvalue weighted by Gasteiger charge is -2.30. The fourth-order valence-corrected chi connectivity index (χ4v) is 13.3. The van der Waals surface area contributed by atoms with Gasteiger partial charge in [-0.3, -0.25) is 0 Å². The molecule has 0 N–H and O–H groups in total. The number of nitrogens with zero attached hydrogens (tertiary/aromatic N) is 4. The molecule has 2 aromatic heterocycles. The van der Waals surface area contributed by atoms with Gasteiger partial charge in [0, 0.05) is 66.4 Å². The summed E-state index contributed by atoms with van der Waals surface area (Å²) < 4.78 is 4.90. The zero-order valence-corrected chi connectivity index (χ0v) is 53.0. The Morgan fingerprint density at radius 1 is 0.239 bits per heavy atom. The van der Waals surface area contributed by atoms with Crippen molar-refractivity contribution in [1.29, 1.82) is 0 Å². The molecule has 88 heavy (non-hydrogen) atoms. The molecule has 0 radical (unpaired) electrons. The van der Waals surface area contributed by atoms with Crippen LogP contribution in [0, 0.1) is 0 Å². The third-order valence-electron chi connectivity index (χ3n) is 18.3. The number of aromatic nitrogens is 2. The average molecular weight is 1140 g/mol. The highest BCUT2D eigenvalue weighted by atomic mass is 15.2. The van der Waals surface area contributed by atoms with E-state index in [1.54, 1.807) is 0 Å². The maximum absolute atomic E-state index is 2.45. The van der Waals surface area contributed by atoms with Gasteiger partial charge in [-0.05, 0) is 193 Å². The third-order valence-corrected chi connectivity index (χ3v) is 18.3. The second-order valence-corrected chi connectivity index (χ2v) is 28.4. The number of hydrogen-bond donors (Lipinski definition) is 0. The smallest absolute Gasteiger partial charge is 0.0541 e. The van der Waals surface area contributed by atoms with Crippen LogP contribution in [0.4, 0.5) is 34.1 Å². The molecule has 0 saturated carbocycles. The first-order valence-corrected chi connectivity index (χ1v) is 31.3. The molecule has 0 fully saturated rings. The summed E-state index contributed by atoms with van der Waals surface area (Å²) in [5.41, 5.74) is 21.4. The number of anilines is 6. The van der Waals surface area contributed by atoms with Crippen molar-refractivity contribution in [3.05, 3.63) is 277 Å². The maximum Gasteiger partial charge on any atom is 0.0541 e. The molecule has 0 bridgehead atoms. The lowest BCUT2D eigenvalue weighted by Crippen LogP contribution is -2.14. The summed E-state index contributed by atoms with van der Waals surface area (Å²) in [7, 11) is 0. The van der Waals surface area contributed by atoms with Gasteiger partial charge in [-0.25, -0.2) is 0 Å². The molecule has 0 spiro atoms. The van der Waals surface area contributed by atoms with Gasteiger partial charge in [-0.15, -0.1) is 0 Å². The van der Waals surface area contributed by atoms with Crippen molar-refractivity contribution in [2.75, 3.05) is 9.80 Å². The molecular weight excluding hydrogens is 1060 g/mol. The van der Waals surface area contributed by atoms with E-state index >= 15 is 0 Å². The molecule has 4 nitrogen and oxygen atoms in total. The normalized spacial score (nSPS) is 12.5. The Morgan fingerprint density at radius 3 is 0.886 bits per heavy atom. The summed E-state index contributed by atoms with van der Waals surface area (Å²) in [6.07, 6.45) is 0. The van der Waals surface area contributed by atoms with Crippen LogP contribution in [0.5, 0.6) is 0 Å². The Labute approximate surface area is 519 Å². The van der Waals surface area contributed by atoms with Gasteiger partial charge in [0.1, 0.15) is 0 Å². The van der Waals surface area contributed by atoms with Crippen LogP contribution in [0.1, 0.15) is 105 Å². The fraction of sp³-hybridized carbons (Fsp3) is 0.190. The summed E-state index contributed by atoms with van der Waals surface area (Å²) in [6, 6.07) is 95.6.